The van der Waals surface area contributed by atoms with E-state index < -0.39 is 0 Å². The summed E-state index contributed by atoms with van der Waals surface area (Å²) in [5.41, 5.74) is 0.963. The van der Waals surface area contributed by atoms with Gasteiger partial charge in [-0.25, -0.2) is 0 Å². The Morgan fingerprint density at radius 1 is 1.07 bits per heavy atom. The summed E-state index contributed by atoms with van der Waals surface area (Å²) in [5, 5.41) is 4.13. The van der Waals surface area contributed by atoms with Crippen molar-refractivity contribution in [1.29, 1.82) is 0 Å². The zero-order valence-electron chi connectivity index (χ0n) is 15.9. The van der Waals surface area contributed by atoms with Crippen LogP contribution in [0.1, 0.15) is 31.7 Å². The molecule has 7 heteroatoms. The second-order valence-electron chi connectivity index (χ2n) is 7.40. The van der Waals surface area contributed by atoms with E-state index in [0.717, 1.165) is 57.7 Å². The molecule has 3 heterocycles. The normalized spacial score (nSPS) is 20.1. The Hall–Kier alpha value is -2.25. The fourth-order valence-electron chi connectivity index (χ4n) is 3.83. The Balaban J connectivity index is 1.30. The molecule has 1 atom stereocenters. The van der Waals surface area contributed by atoms with Gasteiger partial charge in [-0.1, -0.05) is 35.5 Å². The maximum absolute atomic E-state index is 12.3. The third kappa shape index (κ3) is 4.20. The summed E-state index contributed by atoms with van der Waals surface area (Å²) in [7, 11) is 0. The molecule has 0 bridgehead atoms. The number of piperazine rings is 1. The molecule has 4 rings (SSSR count). The first-order chi connectivity index (χ1) is 13.2. The van der Waals surface area contributed by atoms with Gasteiger partial charge in [-0.2, -0.15) is 4.98 Å². The van der Waals surface area contributed by atoms with E-state index in [4.69, 9.17) is 4.52 Å². The summed E-state index contributed by atoms with van der Waals surface area (Å²) < 4.78 is 5.52. The van der Waals surface area contributed by atoms with Gasteiger partial charge in [0.2, 0.25) is 17.6 Å². The highest BCUT2D eigenvalue weighted by molar-refractivity contribution is 5.78. The van der Waals surface area contributed by atoms with Gasteiger partial charge in [-0.3, -0.25) is 14.6 Å². The molecule has 2 fully saturated rings. The molecule has 1 aromatic heterocycles. The van der Waals surface area contributed by atoms with Crippen molar-refractivity contribution in [3.8, 4) is 11.4 Å². The van der Waals surface area contributed by atoms with E-state index in [0.29, 0.717) is 18.3 Å². The maximum Gasteiger partial charge on any atom is 0.244 e. The van der Waals surface area contributed by atoms with Crippen LogP contribution in [0.15, 0.2) is 34.9 Å². The van der Waals surface area contributed by atoms with Crippen molar-refractivity contribution < 1.29 is 9.32 Å². The Labute approximate surface area is 159 Å². The van der Waals surface area contributed by atoms with Gasteiger partial charge >= 0.3 is 0 Å². The highest BCUT2D eigenvalue weighted by atomic mass is 16.5. The van der Waals surface area contributed by atoms with Gasteiger partial charge in [0.1, 0.15) is 0 Å². The summed E-state index contributed by atoms with van der Waals surface area (Å²) in [6, 6.07) is 9.95. The molecule has 2 aliphatic heterocycles. The molecule has 0 saturated carbocycles. The third-order valence-corrected chi connectivity index (χ3v) is 5.60. The van der Waals surface area contributed by atoms with Crippen molar-refractivity contribution >= 4 is 5.91 Å². The van der Waals surface area contributed by atoms with Gasteiger partial charge in [-0.05, 0) is 19.8 Å². The molecule has 0 radical (unpaired) electrons. The van der Waals surface area contributed by atoms with E-state index in [-0.39, 0.29) is 11.9 Å². The minimum absolute atomic E-state index is 0.0754. The lowest BCUT2D eigenvalue weighted by atomic mass is 10.2. The summed E-state index contributed by atoms with van der Waals surface area (Å²) in [5.74, 6) is 1.56. The average molecular weight is 369 g/mol. The van der Waals surface area contributed by atoms with Crippen molar-refractivity contribution in [2.24, 2.45) is 0 Å². The quantitative estimate of drug-likeness (QED) is 0.804. The van der Waals surface area contributed by atoms with Crippen molar-refractivity contribution in [2.75, 3.05) is 45.8 Å². The Kier molecular flexibility index (Phi) is 5.50. The molecule has 1 amide bonds. The number of aromatic nitrogens is 2. The molecule has 2 saturated heterocycles. The van der Waals surface area contributed by atoms with E-state index in [9.17, 15) is 4.79 Å². The number of carbonyl (C=O) groups excluding carboxylic acids is 1. The summed E-state index contributed by atoms with van der Waals surface area (Å²) in [4.78, 5) is 23.5. The van der Waals surface area contributed by atoms with Crippen LogP contribution in [0.2, 0.25) is 0 Å². The molecule has 144 valence electrons. The van der Waals surface area contributed by atoms with Crippen molar-refractivity contribution in [3.05, 3.63) is 36.2 Å². The molecule has 1 unspecified atom stereocenters. The van der Waals surface area contributed by atoms with Crippen LogP contribution in [0.3, 0.4) is 0 Å². The molecule has 7 nitrogen and oxygen atoms in total. The average Bonchev–Trinajstić information content (AvgIpc) is 3.41. The largest absolute Gasteiger partial charge is 0.342 e. The fraction of sp³-hybridized carbons (Fsp3) is 0.550. The zero-order valence-corrected chi connectivity index (χ0v) is 15.9. The first-order valence-corrected chi connectivity index (χ1v) is 9.84. The first kappa shape index (κ1) is 18.1. The highest BCUT2D eigenvalue weighted by Crippen LogP contribution is 2.23. The molecular formula is C20H27N5O2. The standard InChI is InChI=1S/C20H27N5O2/c1-16(20-21-19(22-27-20)17-7-3-2-4-8-17)24-13-11-23(12-14-24)15-18(26)25-9-5-6-10-25/h2-4,7-8,16H,5-6,9-15H2,1H3. The molecule has 2 aromatic rings. The van der Waals surface area contributed by atoms with Crippen LogP contribution < -0.4 is 0 Å². The molecular weight excluding hydrogens is 342 g/mol. The highest BCUT2D eigenvalue weighted by Gasteiger charge is 2.28. The van der Waals surface area contributed by atoms with E-state index in [1.165, 1.54) is 0 Å². The second kappa shape index (κ2) is 8.19. The minimum atomic E-state index is 0.0754. The maximum atomic E-state index is 12.3. The number of hydrogen-bond donors (Lipinski definition) is 0. The SMILES string of the molecule is CC(c1nc(-c2ccccc2)no1)N1CCN(CC(=O)N2CCCC2)CC1. The van der Waals surface area contributed by atoms with Gasteiger partial charge in [0.25, 0.3) is 0 Å². The van der Waals surface area contributed by atoms with Crippen LogP contribution in [0, 0.1) is 0 Å². The third-order valence-electron chi connectivity index (χ3n) is 5.60. The van der Waals surface area contributed by atoms with Crippen LogP contribution in [0.5, 0.6) is 0 Å². The fourth-order valence-corrected chi connectivity index (χ4v) is 3.83. The number of amides is 1. The van der Waals surface area contributed by atoms with E-state index in [2.05, 4.69) is 26.9 Å². The van der Waals surface area contributed by atoms with Crippen molar-refractivity contribution in [2.45, 2.75) is 25.8 Å². The van der Waals surface area contributed by atoms with E-state index in [1.807, 2.05) is 35.2 Å². The second-order valence-corrected chi connectivity index (χ2v) is 7.40. The van der Waals surface area contributed by atoms with Gasteiger partial charge in [0.15, 0.2) is 0 Å². The summed E-state index contributed by atoms with van der Waals surface area (Å²) in [6.45, 7) is 8.09. The van der Waals surface area contributed by atoms with Crippen LogP contribution in [-0.4, -0.2) is 76.6 Å². The number of hydrogen-bond acceptors (Lipinski definition) is 6. The van der Waals surface area contributed by atoms with Crippen LogP contribution in [0.4, 0.5) is 0 Å². The topological polar surface area (TPSA) is 65.7 Å². The van der Waals surface area contributed by atoms with E-state index >= 15 is 0 Å². The first-order valence-electron chi connectivity index (χ1n) is 9.84. The summed E-state index contributed by atoms with van der Waals surface area (Å²) in [6.07, 6.45) is 2.29. The number of carbonyl (C=O) groups is 1. The Bertz CT molecular complexity index is 749. The number of likely N-dealkylation sites (tertiary alicyclic amines) is 1. The minimum Gasteiger partial charge on any atom is -0.342 e. The number of nitrogens with zero attached hydrogens (tertiary/aromatic N) is 5. The molecule has 2 aliphatic rings. The zero-order chi connectivity index (χ0) is 18.6. The van der Waals surface area contributed by atoms with Gasteiger partial charge < -0.3 is 9.42 Å². The lowest BCUT2D eigenvalue weighted by Gasteiger charge is -2.36. The van der Waals surface area contributed by atoms with E-state index in [1.54, 1.807) is 0 Å². The predicted molar refractivity (Wildman–Crippen MR) is 102 cm³/mol. The predicted octanol–water partition coefficient (Wildman–Crippen LogP) is 2.04. The molecule has 0 aliphatic carbocycles. The van der Waals surface area contributed by atoms with Crippen molar-refractivity contribution in [3.63, 3.8) is 0 Å². The smallest absolute Gasteiger partial charge is 0.244 e. The van der Waals surface area contributed by atoms with Crippen LogP contribution in [-0.2, 0) is 4.79 Å². The lowest BCUT2D eigenvalue weighted by molar-refractivity contribution is -0.131. The Morgan fingerprint density at radius 3 is 2.48 bits per heavy atom. The monoisotopic (exact) mass is 369 g/mol. The molecule has 0 spiro atoms. The number of rotatable bonds is 5. The summed E-state index contributed by atoms with van der Waals surface area (Å²) >= 11 is 0. The van der Waals surface area contributed by atoms with Gasteiger partial charge in [0, 0.05) is 44.8 Å². The van der Waals surface area contributed by atoms with Gasteiger partial charge in [-0.15, -0.1) is 0 Å². The van der Waals surface area contributed by atoms with Gasteiger partial charge in [0.05, 0.1) is 12.6 Å². The van der Waals surface area contributed by atoms with Crippen LogP contribution >= 0.6 is 0 Å². The van der Waals surface area contributed by atoms with Crippen LogP contribution in [0.25, 0.3) is 11.4 Å². The molecule has 0 N–H and O–H groups in total. The molecule has 1 aromatic carbocycles. The lowest BCUT2D eigenvalue weighted by Crippen LogP contribution is -2.50. The van der Waals surface area contributed by atoms with Crippen molar-refractivity contribution in [1.82, 2.24) is 24.8 Å². The molecule has 27 heavy (non-hydrogen) atoms. The Morgan fingerprint density at radius 2 is 1.78 bits per heavy atom. The number of benzene rings is 1.